The molecule has 0 aliphatic carbocycles. The van der Waals surface area contributed by atoms with Gasteiger partial charge in [0.2, 0.25) is 11.8 Å². The van der Waals surface area contributed by atoms with Crippen molar-refractivity contribution in [2.75, 3.05) is 12.3 Å². The molecule has 1 atom stereocenters. The van der Waals surface area contributed by atoms with Gasteiger partial charge >= 0.3 is 0 Å². The maximum atomic E-state index is 13.3. The Morgan fingerprint density at radius 3 is 2.38 bits per heavy atom. The van der Waals surface area contributed by atoms with Gasteiger partial charge in [-0.3, -0.25) is 9.59 Å². The first-order valence-corrected chi connectivity index (χ1v) is 12.8. The average Bonchev–Trinajstić information content (AvgIpc) is 2.74. The fourth-order valence-corrected chi connectivity index (χ4v) is 4.67. The molecule has 0 radical (unpaired) electrons. The van der Waals surface area contributed by atoms with Crippen molar-refractivity contribution in [2.24, 2.45) is 5.92 Å². The van der Waals surface area contributed by atoms with Crippen LogP contribution in [0.1, 0.15) is 43.9 Å². The second-order valence-electron chi connectivity index (χ2n) is 8.30. The third-order valence-corrected chi connectivity index (χ3v) is 6.60. The largest absolute Gasteiger partial charge is 0.354 e. The first-order valence-electron chi connectivity index (χ1n) is 10.9. The highest BCUT2D eigenvalue weighted by atomic mass is 35.5. The number of rotatable bonds is 11. The van der Waals surface area contributed by atoms with Crippen LogP contribution in [-0.2, 0) is 21.9 Å². The smallest absolute Gasteiger partial charge is 0.242 e. The van der Waals surface area contributed by atoms with E-state index >= 15 is 0 Å². The summed E-state index contributed by atoms with van der Waals surface area (Å²) in [4.78, 5) is 27.9. The van der Waals surface area contributed by atoms with Gasteiger partial charge in [-0.1, -0.05) is 79.9 Å². The number of halogens is 2. The van der Waals surface area contributed by atoms with Crippen molar-refractivity contribution in [1.82, 2.24) is 10.2 Å². The molecule has 174 valence electrons. The number of amides is 2. The maximum absolute atomic E-state index is 13.3. The van der Waals surface area contributed by atoms with Crippen molar-refractivity contribution in [3.8, 4) is 0 Å². The van der Waals surface area contributed by atoms with Gasteiger partial charge in [-0.05, 0) is 42.5 Å². The molecule has 4 nitrogen and oxygen atoms in total. The summed E-state index contributed by atoms with van der Waals surface area (Å²) >= 11 is 13.7. The Bertz CT molecular complexity index is 903. The van der Waals surface area contributed by atoms with Gasteiger partial charge in [-0.15, -0.1) is 11.8 Å². The zero-order valence-electron chi connectivity index (χ0n) is 19.2. The zero-order valence-corrected chi connectivity index (χ0v) is 21.5. The quantitative estimate of drug-likeness (QED) is 0.409. The van der Waals surface area contributed by atoms with Crippen LogP contribution in [-0.4, -0.2) is 35.1 Å². The Labute approximate surface area is 206 Å². The van der Waals surface area contributed by atoms with Crippen LogP contribution in [0.5, 0.6) is 0 Å². The Morgan fingerprint density at radius 1 is 1.09 bits per heavy atom. The maximum Gasteiger partial charge on any atom is 0.242 e. The van der Waals surface area contributed by atoms with E-state index < -0.39 is 6.04 Å². The predicted octanol–water partition coefficient (Wildman–Crippen LogP) is 6.11. The van der Waals surface area contributed by atoms with Crippen molar-refractivity contribution in [2.45, 2.75) is 52.5 Å². The minimum atomic E-state index is -0.512. The molecule has 2 aromatic rings. The van der Waals surface area contributed by atoms with Crippen molar-refractivity contribution in [1.29, 1.82) is 0 Å². The average molecular weight is 496 g/mol. The van der Waals surface area contributed by atoms with Gasteiger partial charge in [0.15, 0.2) is 0 Å². The molecule has 2 aromatic carbocycles. The minimum absolute atomic E-state index is 0.0628. The monoisotopic (exact) mass is 494 g/mol. The summed E-state index contributed by atoms with van der Waals surface area (Å²) in [5.74, 6) is 1.03. The van der Waals surface area contributed by atoms with E-state index in [-0.39, 0.29) is 17.6 Å². The summed E-state index contributed by atoms with van der Waals surface area (Å²) in [6.07, 6.45) is 0.551. The predicted molar refractivity (Wildman–Crippen MR) is 136 cm³/mol. The van der Waals surface area contributed by atoms with Crippen molar-refractivity contribution < 1.29 is 9.59 Å². The van der Waals surface area contributed by atoms with Crippen LogP contribution >= 0.6 is 35.0 Å². The lowest BCUT2D eigenvalue weighted by atomic mass is 10.1. The van der Waals surface area contributed by atoms with Gasteiger partial charge in [0.25, 0.3) is 0 Å². The fourth-order valence-electron chi connectivity index (χ4n) is 3.20. The van der Waals surface area contributed by atoms with Gasteiger partial charge in [-0.2, -0.15) is 0 Å². The molecule has 0 fully saturated rings. The van der Waals surface area contributed by atoms with Crippen LogP contribution < -0.4 is 5.32 Å². The molecule has 0 aromatic heterocycles. The number of nitrogens with one attached hydrogen (secondary N) is 1. The van der Waals surface area contributed by atoms with E-state index in [1.165, 1.54) is 11.8 Å². The highest BCUT2D eigenvalue weighted by molar-refractivity contribution is 7.99. The van der Waals surface area contributed by atoms with E-state index in [0.29, 0.717) is 41.2 Å². The number of hydrogen-bond acceptors (Lipinski definition) is 3. The van der Waals surface area contributed by atoms with Gasteiger partial charge in [0, 0.05) is 28.9 Å². The number of nitrogens with zero attached hydrogens (tertiary/aromatic N) is 1. The van der Waals surface area contributed by atoms with E-state index in [1.807, 2.05) is 44.2 Å². The topological polar surface area (TPSA) is 49.4 Å². The van der Waals surface area contributed by atoms with Crippen LogP contribution in [0.4, 0.5) is 0 Å². The van der Waals surface area contributed by atoms with Crippen molar-refractivity contribution >= 4 is 46.8 Å². The molecule has 0 aliphatic rings. The van der Waals surface area contributed by atoms with Gasteiger partial charge < -0.3 is 10.2 Å². The molecule has 7 heteroatoms. The number of carbonyl (C=O) groups is 2. The van der Waals surface area contributed by atoms with Crippen molar-refractivity contribution in [3.05, 3.63) is 69.2 Å². The van der Waals surface area contributed by atoms with E-state index in [9.17, 15) is 9.59 Å². The third-order valence-electron chi connectivity index (χ3n) is 5.04. The number of carbonyl (C=O) groups excluding carboxylic acids is 2. The lowest BCUT2D eigenvalue weighted by Crippen LogP contribution is -2.50. The van der Waals surface area contributed by atoms with E-state index in [1.54, 1.807) is 17.0 Å². The molecule has 1 N–H and O–H groups in total. The second-order valence-corrected chi connectivity index (χ2v) is 10.1. The standard InChI is InChI=1S/C25H32Cl2N2O2S/c1-5-23(25(31)28-13-17(2)3)29(14-19-8-6-18(4)7-9-19)24(30)16-32-15-20-10-11-21(26)12-22(20)27/h6-12,17,23H,5,13-16H2,1-4H3,(H,28,31)/t23-/m0/s1. The molecule has 0 aliphatic heterocycles. The Balaban J connectivity index is 2.12. The highest BCUT2D eigenvalue weighted by Crippen LogP contribution is 2.25. The SMILES string of the molecule is CC[C@@H](C(=O)NCC(C)C)N(Cc1ccc(C)cc1)C(=O)CSCc1ccc(Cl)cc1Cl. The summed E-state index contributed by atoms with van der Waals surface area (Å²) < 4.78 is 0. The number of aryl methyl sites for hydroxylation is 1. The molecule has 0 bridgehead atoms. The summed E-state index contributed by atoms with van der Waals surface area (Å²) in [5, 5.41) is 4.17. The molecular weight excluding hydrogens is 463 g/mol. The molecular formula is C25H32Cl2N2O2S. The van der Waals surface area contributed by atoms with Crippen LogP contribution in [0.2, 0.25) is 10.0 Å². The van der Waals surface area contributed by atoms with Gasteiger partial charge in [-0.25, -0.2) is 0 Å². The summed E-state index contributed by atoms with van der Waals surface area (Å²) in [5.41, 5.74) is 3.09. The zero-order chi connectivity index (χ0) is 23.7. The third kappa shape index (κ3) is 8.34. The van der Waals surface area contributed by atoms with Crippen LogP contribution in [0.3, 0.4) is 0 Å². The second kappa shape index (κ2) is 13.1. The Morgan fingerprint density at radius 2 is 1.78 bits per heavy atom. The number of hydrogen-bond donors (Lipinski definition) is 1. The van der Waals surface area contributed by atoms with Crippen molar-refractivity contribution in [3.63, 3.8) is 0 Å². The molecule has 0 saturated heterocycles. The molecule has 0 unspecified atom stereocenters. The normalized spacial score (nSPS) is 12.0. The summed E-state index contributed by atoms with van der Waals surface area (Å²) in [6, 6.07) is 12.9. The summed E-state index contributed by atoms with van der Waals surface area (Å²) in [7, 11) is 0. The molecule has 2 rings (SSSR count). The Hall–Kier alpha value is -1.69. The first-order chi connectivity index (χ1) is 15.2. The molecule has 0 spiro atoms. The highest BCUT2D eigenvalue weighted by Gasteiger charge is 2.28. The van der Waals surface area contributed by atoms with E-state index in [2.05, 4.69) is 19.2 Å². The molecule has 2 amide bonds. The fraction of sp³-hybridized carbons (Fsp3) is 0.440. The first kappa shape index (κ1) is 26.6. The molecule has 32 heavy (non-hydrogen) atoms. The van der Waals surface area contributed by atoms with Crippen LogP contribution in [0.25, 0.3) is 0 Å². The van der Waals surface area contributed by atoms with Crippen LogP contribution in [0.15, 0.2) is 42.5 Å². The molecule has 0 heterocycles. The van der Waals surface area contributed by atoms with E-state index in [4.69, 9.17) is 23.2 Å². The lowest BCUT2D eigenvalue weighted by molar-refractivity contribution is -0.139. The summed E-state index contributed by atoms with van der Waals surface area (Å²) in [6.45, 7) is 9.06. The van der Waals surface area contributed by atoms with Gasteiger partial charge in [0.1, 0.15) is 6.04 Å². The molecule has 0 saturated carbocycles. The van der Waals surface area contributed by atoms with Gasteiger partial charge in [0.05, 0.1) is 5.75 Å². The number of thioether (sulfide) groups is 1. The van der Waals surface area contributed by atoms with E-state index in [0.717, 1.165) is 16.7 Å². The van der Waals surface area contributed by atoms with Crippen LogP contribution in [0, 0.1) is 12.8 Å². The lowest BCUT2D eigenvalue weighted by Gasteiger charge is -2.31. The Kier molecular flexibility index (Phi) is 10.9. The minimum Gasteiger partial charge on any atom is -0.354 e. The number of benzene rings is 2.